The molecule has 2 amide bonds. The second-order valence-electron chi connectivity index (χ2n) is 7.57. The number of aromatic nitrogens is 6. The van der Waals surface area contributed by atoms with Crippen molar-refractivity contribution in [3.8, 4) is 0 Å². The number of amides is 2. The normalized spacial score (nSPS) is 16.8. The predicted octanol–water partition coefficient (Wildman–Crippen LogP) is 0.183. The van der Waals surface area contributed by atoms with Gasteiger partial charge in [-0.15, -0.1) is 5.10 Å². The van der Waals surface area contributed by atoms with Gasteiger partial charge >= 0.3 is 0 Å². The van der Waals surface area contributed by atoms with E-state index in [1.807, 2.05) is 0 Å². The molecule has 0 bridgehead atoms. The van der Waals surface area contributed by atoms with Crippen LogP contribution < -0.4 is 10.2 Å². The van der Waals surface area contributed by atoms with Crippen LogP contribution in [0.1, 0.15) is 33.7 Å². The summed E-state index contributed by atoms with van der Waals surface area (Å²) in [5.74, 6) is 0.280. The summed E-state index contributed by atoms with van der Waals surface area (Å²) in [6.07, 6.45) is 5.20. The van der Waals surface area contributed by atoms with Crippen LogP contribution in [0, 0.1) is 0 Å². The highest BCUT2D eigenvalue weighted by Gasteiger charge is 2.27. The van der Waals surface area contributed by atoms with Crippen molar-refractivity contribution < 1.29 is 14.3 Å². The number of aryl methyl sites for hydroxylation is 1. The van der Waals surface area contributed by atoms with Gasteiger partial charge in [-0.3, -0.25) is 14.3 Å². The summed E-state index contributed by atoms with van der Waals surface area (Å²) in [6, 6.07) is 1.66. The third kappa shape index (κ3) is 3.69. The number of rotatable bonds is 4. The highest BCUT2D eigenvalue weighted by atomic mass is 16.5. The zero-order valence-corrected chi connectivity index (χ0v) is 17.2. The topological polar surface area (TPSA) is 123 Å². The third-order valence-electron chi connectivity index (χ3n) is 5.53. The van der Waals surface area contributed by atoms with Gasteiger partial charge in [0.05, 0.1) is 25.0 Å². The highest BCUT2D eigenvalue weighted by molar-refractivity contribution is 6.10. The fourth-order valence-corrected chi connectivity index (χ4v) is 3.88. The molecule has 3 aromatic heterocycles. The molecule has 2 aliphatic heterocycles. The van der Waals surface area contributed by atoms with E-state index in [-0.39, 0.29) is 17.2 Å². The standard InChI is InChI=1S/C19H23N9O3/c1-25-16(13(11-21-25)18(30)26-6-8-31-9-7-26)17(29)22-14-10-15-23-19(24-28(15)12-20-14)27-4-2-3-5-27/h10-12H,2-9H2,1H3,(H,22,29). The fourth-order valence-electron chi connectivity index (χ4n) is 3.88. The van der Waals surface area contributed by atoms with Crippen molar-refractivity contribution in [2.75, 3.05) is 49.6 Å². The van der Waals surface area contributed by atoms with Crippen LogP contribution in [0.4, 0.5) is 11.8 Å². The molecule has 2 aliphatic rings. The number of hydrogen-bond donors (Lipinski definition) is 1. The Balaban J connectivity index is 1.37. The van der Waals surface area contributed by atoms with Crippen LogP contribution in [0.2, 0.25) is 0 Å². The van der Waals surface area contributed by atoms with Crippen LogP contribution in [0.15, 0.2) is 18.6 Å². The number of fused-ring (bicyclic) bond motifs is 1. The largest absolute Gasteiger partial charge is 0.378 e. The molecule has 5 heterocycles. The molecule has 1 N–H and O–H groups in total. The Morgan fingerprint density at radius 3 is 2.68 bits per heavy atom. The molecule has 31 heavy (non-hydrogen) atoms. The number of carbonyl (C=O) groups excluding carboxylic acids is 2. The van der Waals surface area contributed by atoms with Crippen LogP contribution in [0.25, 0.3) is 5.65 Å². The molecule has 0 saturated carbocycles. The molecule has 0 radical (unpaired) electrons. The molecule has 0 aromatic carbocycles. The van der Waals surface area contributed by atoms with Gasteiger partial charge in [0.2, 0.25) is 5.95 Å². The van der Waals surface area contributed by atoms with E-state index in [1.54, 1.807) is 22.5 Å². The van der Waals surface area contributed by atoms with Crippen molar-refractivity contribution in [1.29, 1.82) is 0 Å². The minimum atomic E-state index is -0.465. The number of carbonyl (C=O) groups is 2. The van der Waals surface area contributed by atoms with Crippen molar-refractivity contribution in [2.24, 2.45) is 7.05 Å². The van der Waals surface area contributed by atoms with E-state index < -0.39 is 5.91 Å². The zero-order chi connectivity index (χ0) is 21.4. The van der Waals surface area contributed by atoms with E-state index in [0.29, 0.717) is 43.7 Å². The van der Waals surface area contributed by atoms with E-state index in [4.69, 9.17) is 4.74 Å². The Labute approximate surface area is 177 Å². The van der Waals surface area contributed by atoms with Crippen LogP contribution in [0.3, 0.4) is 0 Å². The predicted molar refractivity (Wildman–Crippen MR) is 110 cm³/mol. The number of nitrogens with one attached hydrogen (secondary N) is 1. The van der Waals surface area contributed by atoms with Gasteiger partial charge < -0.3 is 19.9 Å². The summed E-state index contributed by atoms with van der Waals surface area (Å²) in [7, 11) is 1.63. The Kier molecular flexibility index (Phi) is 4.98. The third-order valence-corrected chi connectivity index (χ3v) is 5.53. The van der Waals surface area contributed by atoms with E-state index >= 15 is 0 Å². The first-order valence-corrected chi connectivity index (χ1v) is 10.3. The second kappa shape index (κ2) is 7.95. The molecule has 5 rings (SSSR count). The maximum absolute atomic E-state index is 13.0. The molecule has 2 saturated heterocycles. The maximum atomic E-state index is 13.0. The van der Waals surface area contributed by atoms with Crippen molar-refractivity contribution >= 4 is 29.2 Å². The summed E-state index contributed by atoms with van der Waals surface area (Å²) in [4.78, 5) is 38.5. The summed E-state index contributed by atoms with van der Waals surface area (Å²) in [5.41, 5.74) is 1.01. The molecule has 162 valence electrons. The van der Waals surface area contributed by atoms with Crippen molar-refractivity contribution in [1.82, 2.24) is 34.3 Å². The Morgan fingerprint density at radius 2 is 1.90 bits per heavy atom. The van der Waals surface area contributed by atoms with Gasteiger partial charge in [0.1, 0.15) is 17.8 Å². The SMILES string of the molecule is Cn1ncc(C(=O)N2CCOCC2)c1C(=O)Nc1cc2nc(N3CCCC3)nn2cn1. The minimum absolute atomic E-state index is 0.178. The van der Waals surface area contributed by atoms with Crippen molar-refractivity contribution in [3.63, 3.8) is 0 Å². The maximum Gasteiger partial charge on any atom is 0.275 e. The van der Waals surface area contributed by atoms with Gasteiger partial charge in [-0.05, 0) is 12.8 Å². The minimum Gasteiger partial charge on any atom is -0.378 e. The molecule has 0 atom stereocenters. The molecule has 2 fully saturated rings. The monoisotopic (exact) mass is 425 g/mol. The van der Waals surface area contributed by atoms with Crippen molar-refractivity contribution in [2.45, 2.75) is 12.8 Å². The Morgan fingerprint density at radius 1 is 1.13 bits per heavy atom. The van der Waals surface area contributed by atoms with Crippen LogP contribution in [-0.4, -0.2) is 85.5 Å². The highest BCUT2D eigenvalue weighted by Crippen LogP contribution is 2.19. The van der Waals surface area contributed by atoms with E-state index in [2.05, 4.69) is 30.4 Å². The molecular weight excluding hydrogens is 402 g/mol. The molecule has 0 aliphatic carbocycles. The number of anilines is 2. The van der Waals surface area contributed by atoms with E-state index in [1.165, 1.54) is 17.2 Å². The lowest BCUT2D eigenvalue weighted by atomic mass is 10.2. The van der Waals surface area contributed by atoms with Crippen molar-refractivity contribution in [3.05, 3.63) is 29.8 Å². The van der Waals surface area contributed by atoms with Gasteiger partial charge in [0, 0.05) is 39.3 Å². The van der Waals surface area contributed by atoms with Gasteiger partial charge in [0.25, 0.3) is 11.8 Å². The second-order valence-corrected chi connectivity index (χ2v) is 7.57. The Bertz CT molecular complexity index is 1130. The molecular formula is C19H23N9O3. The van der Waals surface area contributed by atoms with Gasteiger partial charge in [-0.2, -0.15) is 10.1 Å². The summed E-state index contributed by atoms with van der Waals surface area (Å²) >= 11 is 0. The quantitative estimate of drug-likeness (QED) is 0.628. The van der Waals surface area contributed by atoms with Crippen LogP contribution >= 0.6 is 0 Å². The molecule has 0 spiro atoms. The summed E-state index contributed by atoms with van der Waals surface area (Å²) in [5, 5.41) is 11.3. The van der Waals surface area contributed by atoms with Crippen LogP contribution in [-0.2, 0) is 11.8 Å². The Hall–Kier alpha value is -3.54. The summed E-state index contributed by atoms with van der Waals surface area (Å²) in [6.45, 7) is 3.81. The molecule has 0 unspecified atom stereocenters. The number of ether oxygens (including phenoxy) is 1. The first-order chi connectivity index (χ1) is 15.1. The first-order valence-electron chi connectivity index (χ1n) is 10.3. The lowest BCUT2D eigenvalue weighted by Gasteiger charge is -2.26. The summed E-state index contributed by atoms with van der Waals surface area (Å²) < 4.78 is 8.28. The molecule has 3 aromatic rings. The number of morpholine rings is 1. The molecule has 12 nitrogen and oxygen atoms in total. The lowest BCUT2D eigenvalue weighted by Crippen LogP contribution is -2.41. The smallest absolute Gasteiger partial charge is 0.275 e. The van der Waals surface area contributed by atoms with Crippen LogP contribution in [0.5, 0.6) is 0 Å². The van der Waals surface area contributed by atoms with E-state index in [9.17, 15) is 9.59 Å². The van der Waals surface area contributed by atoms with Gasteiger partial charge in [-0.1, -0.05) is 0 Å². The van der Waals surface area contributed by atoms with Gasteiger partial charge in [-0.25, -0.2) is 9.50 Å². The molecule has 12 heteroatoms. The fraction of sp³-hybridized carbons (Fsp3) is 0.474. The zero-order valence-electron chi connectivity index (χ0n) is 17.2. The average molecular weight is 425 g/mol. The first kappa shape index (κ1) is 19.4. The van der Waals surface area contributed by atoms with Gasteiger partial charge in [0.15, 0.2) is 5.65 Å². The number of nitrogens with zero attached hydrogens (tertiary/aromatic N) is 8. The lowest BCUT2D eigenvalue weighted by molar-refractivity contribution is 0.0302. The van der Waals surface area contributed by atoms with E-state index in [0.717, 1.165) is 25.9 Å². The number of hydrogen-bond acceptors (Lipinski definition) is 8. The average Bonchev–Trinajstić information content (AvgIpc) is 3.52.